The van der Waals surface area contributed by atoms with Gasteiger partial charge in [0.15, 0.2) is 0 Å². The van der Waals surface area contributed by atoms with Crippen LogP contribution in [0.4, 0.5) is 0 Å². The molecule has 0 unspecified atom stereocenters. The van der Waals surface area contributed by atoms with E-state index < -0.39 is 0 Å². The molecule has 0 fully saturated rings. The molecule has 13 aromatic rings. The molecule has 0 saturated carbocycles. The summed E-state index contributed by atoms with van der Waals surface area (Å²) in [6, 6.07) is 72.5. The zero-order chi connectivity index (χ0) is 39.3. The second kappa shape index (κ2) is 12.9. The standard InChI is InChI=1S/C56H33N3S/c1-4-16-39-34(12-1)15-9-20-40(39)37-26-28-38(29-27-37)52-47-19-7-8-25-49(47)57-56(58-52)59-53-42-18-6-3-14-36(42)30-32-45(53)43-21-10-22-44(54(43)59)46-23-11-24-48-51-41-17-5-2-13-35(41)31-33-50(51)60-55(46)48/h1-33H. The Bertz CT molecular complexity index is 3890. The van der Waals surface area contributed by atoms with Crippen LogP contribution in [0.2, 0.25) is 0 Å². The minimum absolute atomic E-state index is 0.653. The van der Waals surface area contributed by atoms with Gasteiger partial charge >= 0.3 is 0 Å². The van der Waals surface area contributed by atoms with Crippen molar-refractivity contribution in [2.45, 2.75) is 0 Å². The predicted octanol–water partition coefficient (Wildman–Crippen LogP) is 15.6. The average molecular weight is 780 g/mol. The molecule has 278 valence electrons. The first-order valence-corrected chi connectivity index (χ1v) is 21.2. The van der Waals surface area contributed by atoms with Crippen LogP contribution in [0, 0.1) is 0 Å². The molecular formula is C56H33N3S. The molecule has 3 nitrogen and oxygen atoms in total. The van der Waals surface area contributed by atoms with Crippen molar-refractivity contribution in [1.82, 2.24) is 14.5 Å². The molecule has 0 radical (unpaired) electrons. The molecule has 3 heterocycles. The summed E-state index contributed by atoms with van der Waals surface area (Å²) >= 11 is 1.88. The first-order chi connectivity index (χ1) is 29.8. The fourth-order valence-corrected chi connectivity index (χ4v) is 10.9. The number of para-hydroxylation sites is 2. The lowest BCUT2D eigenvalue weighted by molar-refractivity contribution is 1.02. The monoisotopic (exact) mass is 779 g/mol. The highest BCUT2D eigenvalue weighted by Crippen LogP contribution is 2.47. The lowest BCUT2D eigenvalue weighted by Gasteiger charge is -2.15. The second-order valence-electron chi connectivity index (χ2n) is 15.7. The van der Waals surface area contributed by atoms with Crippen molar-refractivity contribution >= 4 is 96.5 Å². The fourth-order valence-electron chi connectivity index (χ4n) is 9.69. The molecule has 3 aromatic heterocycles. The maximum atomic E-state index is 5.59. The molecule has 0 bridgehead atoms. The maximum Gasteiger partial charge on any atom is 0.235 e. The van der Waals surface area contributed by atoms with Gasteiger partial charge in [0.2, 0.25) is 5.95 Å². The fraction of sp³-hybridized carbons (Fsp3) is 0. The predicted molar refractivity (Wildman–Crippen MR) is 256 cm³/mol. The van der Waals surface area contributed by atoms with Crippen LogP contribution >= 0.6 is 11.3 Å². The number of benzene rings is 10. The number of thiophene rings is 1. The van der Waals surface area contributed by atoms with Gasteiger partial charge in [0, 0.05) is 58.4 Å². The van der Waals surface area contributed by atoms with Gasteiger partial charge in [-0.3, -0.25) is 4.57 Å². The van der Waals surface area contributed by atoms with Crippen molar-refractivity contribution in [3.05, 3.63) is 200 Å². The topological polar surface area (TPSA) is 30.7 Å². The zero-order valence-electron chi connectivity index (χ0n) is 32.3. The third-order valence-electron chi connectivity index (χ3n) is 12.4. The van der Waals surface area contributed by atoms with Crippen molar-refractivity contribution in [2.75, 3.05) is 0 Å². The molecule has 13 rings (SSSR count). The third-order valence-corrected chi connectivity index (χ3v) is 13.6. The molecule has 10 aromatic carbocycles. The van der Waals surface area contributed by atoms with E-state index in [1.807, 2.05) is 11.3 Å². The Kier molecular flexibility index (Phi) is 7.18. The molecule has 0 atom stereocenters. The smallest absolute Gasteiger partial charge is 0.235 e. The Morgan fingerprint density at radius 2 is 0.917 bits per heavy atom. The largest absolute Gasteiger partial charge is 0.277 e. The van der Waals surface area contributed by atoms with Crippen molar-refractivity contribution < 1.29 is 0 Å². The summed E-state index contributed by atoms with van der Waals surface area (Å²) in [6.45, 7) is 0. The van der Waals surface area contributed by atoms with E-state index in [-0.39, 0.29) is 0 Å². The Balaban J connectivity index is 1.10. The molecule has 60 heavy (non-hydrogen) atoms. The zero-order valence-corrected chi connectivity index (χ0v) is 33.1. The van der Waals surface area contributed by atoms with Gasteiger partial charge in [0.05, 0.1) is 22.2 Å². The molecule has 0 N–H and O–H groups in total. The van der Waals surface area contributed by atoms with E-state index in [4.69, 9.17) is 9.97 Å². The first kappa shape index (κ1) is 33.3. The normalized spacial score (nSPS) is 12.0. The second-order valence-corrected chi connectivity index (χ2v) is 16.7. The lowest BCUT2D eigenvalue weighted by Crippen LogP contribution is -2.04. The van der Waals surface area contributed by atoms with Crippen LogP contribution < -0.4 is 0 Å². The van der Waals surface area contributed by atoms with Crippen molar-refractivity contribution in [2.24, 2.45) is 0 Å². The molecule has 0 aliphatic heterocycles. The van der Waals surface area contributed by atoms with E-state index in [9.17, 15) is 0 Å². The van der Waals surface area contributed by atoms with E-state index in [1.54, 1.807) is 0 Å². The average Bonchev–Trinajstić information content (AvgIpc) is 3.88. The minimum atomic E-state index is 0.653. The third kappa shape index (κ3) is 4.89. The first-order valence-electron chi connectivity index (χ1n) is 20.4. The van der Waals surface area contributed by atoms with E-state index in [0.717, 1.165) is 38.8 Å². The van der Waals surface area contributed by atoms with Gasteiger partial charge in [0.25, 0.3) is 0 Å². The van der Waals surface area contributed by atoms with Crippen LogP contribution in [0.3, 0.4) is 0 Å². The van der Waals surface area contributed by atoms with Crippen LogP contribution in [0.15, 0.2) is 200 Å². The number of fused-ring (bicyclic) bond motifs is 12. The molecule has 0 aliphatic rings. The summed E-state index contributed by atoms with van der Waals surface area (Å²) in [5, 5.41) is 13.4. The van der Waals surface area contributed by atoms with Gasteiger partial charge in [-0.25, -0.2) is 9.97 Å². The number of aromatic nitrogens is 3. The number of hydrogen-bond acceptors (Lipinski definition) is 3. The van der Waals surface area contributed by atoms with Gasteiger partial charge in [-0.05, 0) is 50.2 Å². The van der Waals surface area contributed by atoms with E-state index in [2.05, 4.69) is 205 Å². The van der Waals surface area contributed by atoms with Gasteiger partial charge in [-0.15, -0.1) is 11.3 Å². The number of nitrogens with zero attached hydrogens (tertiary/aromatic N) is 3. The van der Waals surface area contributed by atoms with Crippen LogP contribution in [0.5, 0.6) is 0 Å². The van der Waals surface area contributed by atoms with E-state index in [1.165, 1.54) is 80.0 Å². The molecule has 0 saturated heterocycles. The Morgan fingerprint density at radius 1 is 0.350 bits per heavy atom. The summed E-state index contributed by atoms with van der Waals surface area (Å²) in [4.78, 5) is 11.0. The van der Waals surface area contributed by atoms with Gasteiger partial charge < -0.3 is 0 Å². The SMILES string of the molecule is c1ccc2c(-c3ccc(-c4nc(-n5c6c(-c7cccc8c7sc7ccc9ccccc9c78)cccc6c6ccc7ccccc7c65)nc5ccccc45)cc3)cccc2c1. The number of rotatable bonds is 4. The molecule has 0 amide bonds. The molecular weight excluding hydrogens is 747 g/mol. The Morgan fingerprint density at radius 3 is 1.75 bits per heavy atom. The summed E-state index contributed by atoms with van der Waals surface area (Å²) in [5.74, 6) is 0.653. The maximum absolute atomic E-state index is 5.59. The lowest BCUT2D eigenvalue weighted by atomic mass is 9.96. The Labute approximate surface area is 349 Å². The minimum Gasteiger partial charge on any atom is -0.277 e. The summed E-state index contributed by atoms with van der Waals surface area (Å²) in [5.41, 5.74) is 9.84. The molecule has 4 heteroatoms. The van der Waals surface area contributed by atoms with Crippen molar-refractivity contribution in [3.8, 4) is 39.5 Å². The summed E-state index contributed by atoms with van der Waals surface area (Å²) in [6.07, 6.45) is 0. The van der Waals surface area contributed by atoms with Crippen molar-refractivity contribution in [3.63, 3.8) is 0 Å². The van der Waals surface area contributed by atoms with Crippen LogP contribution in [-0.2, 0) is 0 Å². The van der Waals surface area contributed by atoms with E-state index >= 15 is 0 Å². The van der Waals surface area contributed by atoms with Crippen LogP contribution in [-0.4, -0.2) is 14.5 Å². The summed E-state index contributed by atoms with van der Waals surface area (Å²) in [7, 11) is 0. The Hall–Kier alpha value is -7.66. The van der Waals surface area contributed by atoms with Crippen LogP contribution in [0.1, 0.15) is 0 Å². The van der Waals surface area contributed by atoms with E-state index in [0.29, 0.717) is 5.95 Å². The summed E-state index contributed by atoms with van der Waals surface area (Å²) < 4.78 is 4.93. The van der Waals surface area contributed by atoms with Gasteiger partial charge in [-0.1, -0.05) is 188 Å². The highest BCUT2D eigenvalue weighted by molar-refractivity contribution is 7.26. The molecule has 0 spiro atoms. The number of hydrogen-bond donors (Lipinski definition) is 0. The van der Waals surface area contributed by atoms with Crippen LogP contribution in [0.25, 0.3) is 125 Å². The highest BCUT2D eigenvalue weighted by atomic mass is 32.1. The van der Waals surface area contributed by atoms with Gasteiger partial charge in [-0.2, -0.15) is 0 Å². The molecule has 0 aliphatic carbocycles. The van der Waals surface area contributed by atoms with Crippen molar-refractivity contribution in [1.29, 1.82) is 0 Å². The highest BCUT2D eigenvalue weighted by Gasteiger charge is 2.23. The van der Waals surface area contributed by atoms with Gasteiger partial charge in [0.1, 0.15) is 0 Å². The quantitative estimate of drug-likeness (QED) is 0.178.